The number of nitriles is 1. The zero-order valence-electron chi connectivity index (χ0n) is 17.9. The number of para-hydroxylation sites is 1. The number of hydrogen-bond donors (Lipinski definition) is 1. The summed E-state index contributed by atoms with van der Waals surface area (Å²) < 4.78 is 7.60. The molecule has 1 N–H and O–H groups in total. The maximum absolute atomic E-state index is 13.1. The van der Waals surface area contributed by atoms with Gasteiger partial charge in [0.1, 0.15) is 29.3 Å². The molecule has 170 valence electrons. The van der Waals surface area contributed by atoms with Crippen LogP contribution in [0.2, 0.25) is 5.02 Å². The molecule has 0 radical (unpaired) electrons. The number of likely N-dealkylation sites (tertiary alicyclic amines) is 1. The second kappa shape index (κ2) is 9.43. The van der Waals surface area contributed by atoms with Crippen LogP contribution >= 0.6 is 11.6 Å². The highest BCUT2D eigenvalue weighted by atomic mass is 35.5. The van der Waals surface area contributed by atoms with Gasteiger partial charge in [-0.1, -0.05) is 23.7 Å². The maximum Gasteiger partial charge on any atom is 0.268 e. The van der Waals surface area contributed by atoms with Crippen LogP contribution in [0, 0.1) is 11.3 Å². The molecule has 1 atom stereocenters. The Morgan fingerprint density at radius 2 is 2.09 bits per heavy atom. The Kier molecular flexibility index (Phi) is 6.03. The number of benzene rings is 1. The molecule has 3 aromatic heterocycles. The van der Waals surface area contributed by atoms with Gasteiger partial charge in [0.15, 0.2) is 11.8 Å². The Bertz CT molecular complexity index is 1380. The summed E-state index contributed by atoms with van der Waals surface area (Å²) in [6, 6.07) is 12.4. The first-order valence-electron chi connectivity index (χ1n) is 10.6. The van der Waals surface area contributed by atoms with E-state index in [2.05, 4.69) is 36.3 Å². The van der Waals surface area contributed by atoms with Crippen molar-refractivity contribution in [3.63, 3.8) is 0 Å². The van der Waals surface area contributed by atoms with Crippen LogP contribution in [0.4, 0.5) is 5.82 Å². The number of fused-ring (bicyclic) bond motifs is 1. The number of aromatic nitrogens is 5. The summed E-state index contributed by atoms with van der Waals surface area (Å²) >= 11 is 6.37. The summed E-state index contributed by atoms with van der Waals surface area (Å²) in [5, 5.41) is 17.5. The second-order valence-electron chi connectivity index (χ2n) is 7.69. The molecule has 0 saturated carbocycles. The lowest BCUT2D eigenvalue weighted by atomic mass is 10.2. The number of pyridine rings is 1. The molecule has 11 heteroatoms. The predicted octanol–water partition coefficient (Wildman–Crippen LogP) is 2.83. The number of anilines is 1. The highest BCUT2D eigenvalue weighted by molar-refractivity contribution is 6.32. The van der Waals surface area contributed by atoms with Crippen LogP contribution in [0.1, 0.15) is 12.0 Å². The zero-order valence-corrected chi connectivity index (χ0v) is 18.7. The van der Waals surface area contributed by atoms with E-state index < -0.39 is 6.10 Å². The van der Waals surface area contributed by atoms with Crippen molar-refractivity contribution in [3.8, 4) is 17.6 Å². The van der Waals surface area contributed by atoms with E-state index in [4.69, 9.17) is 16.3 Å². The Balaban J connectivity index is 1.48. The average molecular weight is 475 g/mol. The smallest absolute Gasteiger partial charge is 0.268 e. The molecule has 4 heterocycles. The summed E-state index contributed by atoms with van der Waals surface area (Å²) in [5.74, 6) is 0.319. The Morgan fingerprint density at radius 1 is 1.21 bits per heavy atom. The minimum Gasteiger partial charge on any atom is -0.462 e. The van der Waals surface area contributed by atoms with Crippen LogP contribution in [0.3, 0.4) is 0 Å². The van der Waals surface area contributed by atoms with Crippen molar-refractivity contribution in [1.29, 1.82) is 5.26 Å². The van der Waals surface area contributed by atoms with Crippen molar-refractivity contribution in [2.24, 2.45) is 0 Å². The van der Waals surface area contributed by atoms with E-state index in [0.717, 1.165) is 19.5 Å². The fourth-order valence-corrected chi connectivity index (χ4v) is 3.91. The van der Waals surface area contributed by atoms with Crippen molar-refractivity contribution in [2.45, 2.75) is 12.5 Å². The van der Waals surface area contributed by atoms with Crippen LogP contribution in [-0.4, -0.2) is 61.3 Å². The van der Waals surface area contributed by atoms with Crippen molar-refractivity contribution in [2.75, 3.05) is 25.0 Å². The third-order valence-corrected chi connectivity index (χ3v) is 5.79. The number of nitrogens with one attached hydrogen (secondary N) is 1. The van der Waals surface area contributed by atoms with E-state index in [9.17, 15) is 10.1 Å². The molecule has 1 aliphatic heterocycles. The lowest BCUT2D eigenvalue weighted by Crippen LogP contribution is -2.48. The maximum atomic E-state index is 13.1. The van der Waals surface area contributed by atoms with E-state index in [0.29, 0.717) is 39.7 Å². The largest absolute Gasteiger partial charge is 0.462 e. The number of rotatable bonds is 7. The molecule has 1 fully saturated rings. The SMILES string of the molecule is N#Cc1cccc(Cl)c1-n1ncc2c(OC(CN3CCC3)C(=O)Nc3ccccn3)ncnc21. The molecule has 10 nitrogen and oxygen atoms in total. The summed E-state index contributed by atoms with van der Waals surface area (Å²) in [6.45, 7) is 2.20. The van der Waals surface area contributed by atoms with Crippen molar-refractivity contribution in [3.05, 3.63) is 65.7 Å². The van der Waals surface area contributed by atoms with Gasteiger partial charge in [0.25, 0.3) is 5.91 Å². The Morgan fingerprint density at radius 3 is 2.82 bits per heavy atom. The number of hydrogen-bond acceptors (Lipinski definition) is 8. The predicted molar refractivity (Wildman–Crippen MR) is 125 cm³/mol. The van der Waals surface area contributed by atoms with Crippen LogP contribution in [0.5, 0.6) is 5.88 Å². The molecule has 5 rings (SSSR count). The van der Waals surface area contributed by atoms with Gasteiger partial charge in [-0.25, -0.2) is 19.6 Å². The van der Waals surface area contributed by atoms with E-state index in [1.165, 1.54) is 17.2 Å². The molecule has 1 saturated heterocycles. The number of halogens is 1. The first-order chi connectivity index (χ1) is 16.6. The van der Waals surface area contributed by atoms with Crippen LogP contribution in [-0.2, 0) is 4.79 Å². The molecule has 1 amide bonds. The van der Waals surface area contributed by atoms with Crippen molar-refractivity contribution >= 4 is 34.4 Å². The molecular weight excluding hydrogens is 456 g/mol. The molecule has 34 heavy (non-hydrogen) atoms. The highest BCUT2D eigenvalue weighted by Crippen LogP contribution is 2.29. The third kappa shape index (κ3) is 4.26. The summed E-state index contributed by atoms with van der Waals surface area (Å²) in [5.41, 5.74) is 1.17. The van der Waals surface area contributed by atoms with Gasteiger partial charge in [-0.3, -0.25) is 9.69 Å². The van der Waals surface area contributed by atoms with Gasteiger partial charge >= 0.3 is 0 Å². The summed E-state index contributed by atoms with van der Waals surface area (Å²) in [4.78, 5) is 27.9. The van der Waals surface area contributed by atoms with Crippen molar-refractivity contribution in [1.82, 2.24) is 29.6 Å². The fraction of sp³-hybridized carbons (Fsp3) is 0.217. The lowest BCUT2D eigenvalue weighted by molar-refractivity contribution is -0.124. The Hall–Kier alpha value is -4.07. The van der Waals surface area contributed by atoms with E-state index >= 15 is 0 Å². The first kappa shape index (κ1) is 21.8. The van der Waals surface area contributed by atoms with Gasteiger partial charge in [-0.05, 0) is 43.8 Å². The van der Waals surface area contributed by atoms with Gasteiger partial charge in [0, 0.05) is 12.7 Å². The number of carbonyl (C=O) groups is 1. The summed E-state index contributed by atoms with van der Waals surface area (Å²) in [7, 11) is 0. The van der Waals surface area contributed by atoms with Gasteiger partial charge < -0.3 is 10.1 Å². The van der Waals surface area contributed by atoms with Crippen LogP contribution < -0.4 is 10.1 Å². The standard InChI is InChI=1S/C23H19ClN8O2/c24-17-6-3-5-15(11-25)20(17)32-21-16(12-29-32)23(28-14-27-21)34-18(13-31-9-4-10-31)22(33)30-19-7-1-2-8-26-19/h1-3,5-8,12,14,18H,4,9-10,13H2,(H,26,30,33). The van der Waals surface area contributed by atoms with Gasteiger partial charge in [-0.2, -0.15) is 10.4 Å². The van der Waals surface area contributed by atoms with Gasteiger partial charge in [0.05, 0.1) is 16.8 Å². The third-order valence-electron chi connectivity index (χ3n) is 5.48. The van der Waals surface area contributed by atoms with E-state index in [1.54, 1.807) is 42.6 Å². The number of carbonyl (C=O) groups excluding carboxylic acids is 1. The number of ether oxygens (including phenoxy) is 1. The molecule has 4 aromatic rings. The molecule has 1 unspecified atom stereocenters. The molecule has 1 aromatic carbocycles. The first-order valence-corrected chi connectivity index (χ1v) is 11.0. The minimum atomic E-state index is -0.835. The monoisotopic (exact) mass is 474 g/mol. The lowest BCUT2D eigenvalue weighted by Gasteiger charge is -2.33. The second-order valence-corrected chi connectivity index (χ2v) is 8.09. The number of nitrogens with zero attached hydrogens (tertiary/aromatic N) is 7. The topological polar surface area (TPSA) is 122 Å². The fourth-order valence-electron chi connectivity index (χ4n) is 3.65. The molecule has 0 aliphatic carbocycles. The Labute approximate surface area is 199 Å². The summed E-state index contributed by atoms with van der Waals surface area (Å²) in [6.07, 6.45) is 4.72. The molecule has 1 aliphatic rings. The van der Waals surface area contributed by atoms with Crippen LogP contribution in [0.25, 0.3) is 16.7 Å². The number of amides is 1. The zero-order chi connectivity index (χ0) is 23.5. The quantitative estimate of drug-likeness (QED) is 0.434. The van der Waals surface area contributed by atoms with E-state index in [-0.39, 0.29) is 11.8 Å². The molecule has 0 bridgehead atoms. The van der Waals surface area contributed by atoms with E-state index in [1.807, 2.05) is 0 Å². The normalized spacial score (nSPS) is 14.2. The van der Waals surface area contributed by atoms with Gasteiger partial charge in [-0.15, -0.1) is 0 Å². The van der Waals surface area contributed by atoms with Gasteiger partial charge in [0.2, 0.25) is 5.88 Å². The van der Waals surface area contributed by atoms with Crippen LogP contribution in [0.15, 0.2) is 55.1 Å². The highest BCUT2D eigenvalue weighted by Gasteiger charge is 2.28. The average Bonchev–Trinajstić information content (AvgIpc) is 3.25. The minimum absolute atomic E-state index is 0.212. The van der Waals surface area contributed by atoms with Crippen molar-refractivity contribution < 1.29 is 9.53 Å². The molecule has 0 spiro atoms. The molecular formula is C23H19ClN8O2.